The molecule has 0 unspecified atom stereocenters. The lowest BCUT2D eigenvalue weighted by molar-refractivity contribution is -0.140. The van der Waals surface area contributed by atoms with E-state index in [4.69, 9.17) is 4.74 Å². The Morgan fingerprint density at radius 2 is 1.57 bits per heavy atom. The first-order valence-corrected chi connectivity index (χ1v) is 14.5. The number of methoxy groups -OCH3 is 1. The third-order valence-corrected chi connectivity index (χ3v) is 8.10. The summed E-state index contributed by atoms with van der Waals surface area (Å²) in [6.45, 7) is 5.69. The van der Waals surface area contributed by atoms with Gasteiger partial charge in [0, 0.05) is 13.1 Å². The lowest BCUT2D eigenvalue weighted by atomic mass is 10.1. The lowest BCUT2D eigenvalue weighted by Crippen LogP contribution is -2.52. The van der Waals surface area contributed by atoms with Gasteiger partial charge in [0.2, 0.25) is 11.8 Å². The van der Waals surface area contributed by atoms with Crippen LogP contribution in [0.25, 0.3) is 0 Å². The maximum Gasteiger partial charge on any atom is 0.264 e. The van der Waals surface area contributed by atoms with Crippen LogP contribution in [-0.2, 0) is 26.2 Å². The number of sulfonamides is 1. The summed E-state index contributed by atoms with van der Waals surface area (Å²) in [5, 5.41) is 2.89. The van der Waals surface area contributed by atoms with Crippen molar-refractivity contribution in [3.05, 3.63) is 90.2 Å². The fourth-order valence-corrected chi connectivity index (χ4v) is 5.55. The summed E-state index contributed by atoms with van der Waals surface area (Å²) in [6, 6.07) is 19.0. The molecule has 10 heteroatoms. The zero-order valence-electron chi connectivity index (χ0n) is 23.2. The molecule has 1 N–H and O–H groups in total. The molecule has 3 rings (SSSR count). The maximum atomic E-state index is 14.0. The van der Waals surface area contributed by atoms with Crippen LogP contribution in [0.5, 0.6) is 5.75 Å². The zero-order valence-corrected chi connectivity index (χ0v) is 24.0. The first-order valence-electron chi connectivity index (χ1n) is 13.1. The normalized spacial score (nSPS) is 12.1. The number of carbonyl (C=O) groups is 2. The summed E-state index contributed by atoms with van der Waals surface area (Å²) < 4.78 is 47.5. The molecule has 0 fully saturated rings. The fraction of sp³-hybridized carbons (Fsp3) is 0.333. The Hall–Kier alpha value is -3.92. The van der Waals surface area contributed by atoms with Crippen molar-refractivity contribution in [3.8, 4) is 5.75 Å². The summed E-state index contributed by atoms with van der Waals surface area (Å²) in [5.41, 5.74) is 0.903. The van der Waals surface area contributed by atoms with Gasteiger partial charge in [-0.05, 0) is 66.4 Å². The molecule has 0 spiro atoms. The summed E-state index contributed by atoms with van der Waals surface area (Å²) in [7, 11) is -2.79. The molecule has 0 aliphatic carbocycles. The van der Waals surface area contributed by atoms with E-state index in [0.29, 0.717) is 18.7 Å². The maximum absolute atomic E-state index is 14.0. The number of hydrogen-bond donors (Lipinski definition) is 1. The first kappa shape index (κ1) is 30.6. The average molecular weight is 570 g/mol. The summed E-state index contributed by atoms with van der Waals surface area (Å²) >= 11 is 0. The van der Waals surface area contributed by atoms with Crippen molar-refractivity contribution in [3.63, 3.8) is 0 Å². The average Bonchev–Trinajstić information content (AvgIpc) is 2.95. The number of halogens is 1. The smallest absolute Gasteiger partial charge is 0.264 e. The number of carbonyl (C=O) groups excluding carboxylic acids is 2. The van der Waals surface area contributed by atoms with Crippen LogP contribution < -0.4 is 14.4 Å². The molecule has 1 atom stereocenters. The highest BCUT2D eigenvalue weighted by Crippen LogP contribution is 2.26. The molecule has 2 amide bonds. The number of nitrogens with one attached hydrogen (secondary N) is 1. The minimum absolute atomic E-state index is 0.0678. The van der Waals surface area contributed by atoms with Crippen LogP contribution in [0.3, 0.4) is 0 Å². The third-order valence-electron chi connectivity index (χ3n) is 6.31. The minimum atomic E-state index is -4.26. The molecular formula is C30H36FN3O5S. The van der Waals surface area contributed by atoms with Gasteiger partial charge >= 0.3 is 0 Å². The first-order chi connectivity index (χ1) is 19.1. The van der Waals surface area contributed by atoms with Crippen molar-refractivity contribution in [2.75, 3.05) is 24.5 Å². The quantitative estimate of drug-likeness (QED) is 0.324. The number of hydrogen-bond acceptors (Lipinski definition) is 5. The van der Waals surface area contributed by atoms with Gasteiger partial charge in [0.25, 0.3) is 10.0 Å². The van der Waals surface area contributed by atoms with Gasteiger partial charge in [-0.2, -0.15) is 0 Å². The van der Waals surface area contributed by atoms with Gasteiger partial charge in [-0.1, -0.05) is 51.1 Å². The molecule has 8 nitrogen and oxygen atoms in total. The van der Waals surface area contributed by atoms with E-state index >= 15 is 0 Å². The summed E-state index contributed by atoms with van der Waals surface area (Å²) in [4.78, 5) is 28.5. The Labute approximate surface area is 235 Å². The molecule has 0 bridgehead atoms. The largest absolute Gasteiger partial charge is 0.497 e. The number of anilines is 1. The number of ether oxygens (including phenoxy) is 1. The van der Waals surface area contributed by atoms with Crippen LogP contribution in [0.2, 0.25) is 0 Å². The standard InChI is InChI=1S/C30H36FN3O5S/c1-5-28(30(36)32-19-22(2)3)33(20-23-9-7-6-8-10-23)29(35)21-34(25-13-11-24(31)12-14-25)40(37,38)27-17-15-26(39-4)16-18-27/h6-18,22,28H,5,19-21H2,1-4H3,(H,32,36)/t28-/m1/s1. The highest BCUT2D eigenvalue weighted by Gasteiger charge is 2.33. The van der Waals surface area contributed by atoms with E-state index in [1.165, 1.54) is 48.4 Å². The van der Waals surface area contributed by atoms with Gasteiger partial charge in [-0.15, -0.1) is 0 Å². The predicted molar refractivity (Wildman–Crippen MR) is 153 cm³/mol. The second kappa shape index (κ2) is 13.9. The van der Waals surface area contributed by atoms with E-state index in [0.717, 1.165) is 22.0 Å². The van der Waals surface area contributed by atoms with Crippen LogP contribution in [0, 0.1) is 11.7 Å². The van der Waals surface area contributed by atoms with Crippen LogP contribution in [-0.4, -0.2) is 51.4 Å². The summed E-state index contributed by atoms with van der Waals surface area (Å²) in [6.07, 6.45) is 0.324. The number of rotatable bonds is 13. The zero-order chi connectivity index (χ0) is 29.3. The lowest BCUT2D eigenvalue weighted by Gasteiger charge is -2.33. The van der Waals surface area contributed by atoms with Crippen LogP contribution >= 0.6 is 0 Å². The van der Waals surface area contributed by atoms with Crippen molar-refractivity contribution in [2.24, 2.45) is 5.92 Å². The summed E-state index contributed by atoms with van der Waals surface area (Å²) in [5.74, 6) is -0.752. The number of nitrogens with zero attached hydrogens (tertiary/aromatic N) is 2. The Morgan fingerprint density at radius 1 is 0.950 bits per heavy atom. The molecule has 0 saturated carbocycles. The highest BCUT2D eigenvalue weighted by molar-refractivity contribution is 7.92. The van der Waals surface area contributed by atoms with Crippen molar-refractivity contribution in [1.29, 1.82) is 0 Å². The second-order valence-corrected chi connectivity index (χ2v) is 11.6. The molecule has 0 heterocycles. The van der Waals surface area contributed by atoms with Gasteiger partial charge in [-0.3, -0.25) is 13.9 Å². The Morgan fingerprint density at radius 3 is 2.12 bits per heavy atom. The third kappa shape index (κ3) is 7.81. The van der Waals surface area contributed by atoms with Crippen molar-refractivity contribution >= 4 is 27.5 Å². The van der Waals surface area contributed by atoms with E-state index in [1.807, 2.05) is 44.2 Å². The number of amides is 2. The second-order valence-electron chi connectivity index (χ2n) is 9.73. The van der Waals surface area contributed by atoms with E-state index in [2.05, 4.69) is 5.32 Å². The van der Waals surface area contributed by atoms with Crippen molar-refractivity contribution in [1.82, 2.24) is 10.2 Å². The Bertz CT molecular complexity index is 1360. The molecule has 40 heavy (non-hydrogen) atoms. The molecule has 0 saturated heterocycles. The van der Waals surface area contributed by atoms with E-state index in [-0.39, 0.29) is 29.0 Å². The fourth-order valence-electron chi connectivity index (χ4n) is 4.13. The molecule has 0 aromatic heterocycles. The van der Waals surface area contributed by atoms with Crippen molar-refractivity contribution in [2.45, 2.75) is 44.7 Å². The predicted octanol–water partition coefficient (Wildman–Crippen LogP) is 4.61. The van der Waals surface area contributed by atoms with Gasteiger partial charge < -0.3 is 15.0 Å². The Balaban J connectivity index is 2.02. The number of benzene rings is 3. The van der Waals surface area contributed by atoms with Crippen molar-refractivity contribution < 1.29 is 27.1 Å². The molecular weight excluding hydrogens is 533 g/mol. The van der Waals surface area contributed by atoms with Gasteiger partial charge in [0.05, 0.1) is 17.7 Å². The Kier molecular flexibility index (Phi) is 10.7. The van der Waals surface area contributed by atoms with E-state index in [1.54, 1.807) is 6.92 Å². The van der Waals surface area contributed by atoms with Gasteiger partial charge in [0.15, 0.2) is 0 Å². The molecule has 3 aromatic carbocycles. The monoisotopic (exact) mass is 569 g/mol. The van der Waals surface area contributed by atoms with E-state index in [9.17, 15) is 22.4 Å². The van der Waals surface area contributed by atoms with Crippen LogP contribution in [0.15, 0.2) is 83.8 Å². The topological polar surface area (TPSA) is 96.0 Å². The van der Waals surface area contributed by atoms with Crippen LogP contribution in [0.1, 0.15) is 32.8 Å². The molecule has 214 valence electrons. The van der Waals surface area contributed by atoms with Crippen LogP contribution in [0.4, 0.5) is 10.1 Å². The van der Waals surface area contributed by atoms with E-state index < -0.39 is 34.3 Å². The highest BCUT2D eigenvalue weighted by atomic mass is 32.2. The molecule has 3 aromatic rings. The minimum Gasteiger partial charge on any atom is -0.497 e. The molecule has 0 radical (unpaired) electrons. The van der Waals surface area contributed by atoms with Gasteiger partial charge in [-0.25, -0.2) is 12.8 Å². The van der Waals surface area contributed by atoms with Gasteiger partial charge in [0.1, 0.15) is 24.2 Å². The molecule has 0 aliphatic heterocycles. The molecule has 0 aliphatic rings. The SMILES string of the molecule is CC[C@H](C(=O)NCC(C)C)N(Cc1ccccc1)C(=O)CN(c1ccc(F)cc1)S(=O)(=O)c1ccc(OC)cc1.